The molecule has 0 N–H and O–H groups in total. The zero-order valence-corrected chi connectivity index (χ0v) is 11.0. The lowest BCUT2D eigenvalue weighted by Gasteiger charge is -2.04. The van der Waals surface area contributed by atoms with Gasteiger partial charge in [0.2, 0.25) is 0 Å². The highest BCUT2D eigenvalue weighted by Crippen LogP contribution is 2.56. The predicted molar refractivity (Wildman–Crippen MR) is 69.7 cm³/mol. The van der Waals surface area contributed by atoms with Gasteiger partial charge in [-0.15, -0.1) is 0 Å². The molecule has 2 fully saturated rings. The third-order valence-corrected chi connectivity index (χ3v) is 4.70. The number of rotatable bonds is 2. The molecule has 0 heterocycles. The van der Waals surface area contributed by atoms with Gasteiger partial charge in [-0.3, -0.25) is 4.79 Å². The summed E-state index contributed by atoms with van der Waals surface area (Å²) in [5.74, 6) is 1.71. The summed E-state index contributed by atoms with van der Waals surface area (Å²) in [6.45, 7) is 0. The van der Waals surface area contributed by atoms with Gasteiger partial charge in [-0.2, -0.15) is 0 Å². The van der Waals surface area contributed by atoms with E-state index in [-0.39, 0.29) is 11.7 Å². The van der Waals surface area contributed by atoms with Crippen LogP contribution in [-0.2, 0) is 0 Å². The molecule has 0 amide bonds. The average molecular weight is 269 g/mol. The van der Waals surface area contributed by atoms with E-state index in [9.17, 15) is 4.79 Å². The molecule has 2 aliphatic carbocycles. The fourth-order valence-corrected chi connectivity index (χ4v) is 3.75. The first-order valence-electron chi connectivity index (χ1n) is 6.18. The molecule has 17 heavy (non-hydrogen) atoms. The summed E-state index contributed by atoms with van der Waals surface area (Å²) in [6, 6.07) is 5.16. The second kappa shape index (κ2) is 4.29. The molecule has 1 aromatic rings. The van der Waals surface area contributed by atoms with Crippen molar-refractivity contribution in [1.82, 2.24) is 0 Å². The Morgan fingerprint density at radius 3 is 2.35 bits per heavy atom. The van der Waals surface area contributed by atoms with Crippen LogP contribution in [0.2, 0.25) is 10.0 Å². The molecule has 0 aromatic heterocycles. The summed E-state index contributed by atoms with van der Waals surface area (Å²) in [5, 5.41) is 1.07. The topological polar surface area (TPSA) is 17.1 Å². The largest absolute Gasteiger partial charge is 0.294 e. The molecule has 1 aromatic carbocycles. The van der Waals surface area contributed by atoms with Crippen molar-refractivity contribution in [2.24, 2.45) is 17.8 Å². The Balaban J connectivity index is 1.83. The van der Waals surface area contributed by atoms with E-state index in [0.717, 1.165) is 0 Å². The molecular formula is C14H14Cl2O. The number of halogens is 2. The summed E-state index contributed by atoms with van der Waals surface area (Å²) in [7, 11) is 0. The summed E-state index contributed by atoms with van der Waals surface area (Å²) in [5.41, 5.74) is 0.649. The van der Waals surface area contributed by atoms with Crippen molar-refractivity contribution in [3.05, 3.63) is 33.8 Å². The van der Waals surface area contributed by atoms with Gasteiger partial charge < -0.3 is 0 Å². The van der Waals surface area contributed by atoms with Crippen LogP contribution in [0, 0.1) is 17.8 Å². The zero-order valence-electron chi connectivity index (χ0n) is 9.46. The highest BCUT2D eigenvalue weighted by atomic mass is 35.5. The number of hydrogen-bond donors (Lipinski definition) is 0. The van der Waals surface area contributed by atoms with Crippen molar-refractivity contribution in [2.75, 3.05) is 0 Å². The number of ketones is 1. The van der Waals surface area contributed by atoms with Crippen LogP contribution in [0.3, 0.4) is 0 Å². The molecule has 0 saturated heterocycles. The smallest absolute Gasteiger partial charge is 0.168 e. The highest BCUT2D eigenvalue weighted by molar-refractivity contribution is 6.37. The van der Waals surface area contributed by atoms with Gasteiger partial charge in [0.25, 0.3) is 0 Å². The quantitative estimate of drug-likeness (QED) is 0.716. The molecule has 0 radical (unpaired) electrons. The van der Waals surface area contributed by atoms with E-state index in [1.165, 1.54) is 25.7 Å². The van der Waals surface area contributed by atoms with Crippen LogP contribution < -0.4 is 0 Å². The maximum atomic E-state index is 12.4. The molecule has 2 aliphatic rings. The normalized spacial score (nSPS) is 30.8. The molecule has 0 spiro atoms. The van der Waals surface area contributed by atoms with Crippen molar-refractivity contribution in [2.45, 2.75) is 25.7 Å². The van der Waals surface area contributed by atoms with Crippen LogP contribution in [0.15, 0.2) is 18.2 Å². The van der Waals surface area contributed by atoms with E-state index in [1.54, 1.807) is 18.2 Å². The van der Waals surface area contributed by atoms with Crippen LogP contribution >= 0.6 is 23.2 Å². The van der Waals surface area contributed by atoms with E-state index >= 15 is 0 Å². The number of carbonyl (C=O) groups excluding carboxylic acids is 1. The average Bonchev–Trinajstić information content (AvgIpc) is 3.02. The molecule has 1 nitrogen and oxygen atoms in total. The van der Waals surface area contributed by atoms with Gasteiger partial charge in [0.1, 0.15) is 0 Å². The molecule has 3 heteroatoms. The number of fused-ring (bicyclic) bond motifs is 1. The van der Waals surface area contributed by atoms with Gasteiger partial charge in [-0.05, 0) is 42.9 Å². The maximum absolute atomic E-state index is 12.4. The minimum atomic E-state index is 0.226. The van der Waals surface area contributed by atoms with Gasteiger partial charge in [0.05, 0.1) is 5.02 Å². The number of benzene rings is 1. The minimum Gasteiger partial charge on any atom is -0.294 e. The first-order valence-corrected chi connectivity index (χ1v) is 6.93. The van der Waals surface area contributed by atoms with Gasteiger partial charge >= 0.3 is 0 Å². The third-order valence-electron chi connectivity index (χ3n) is 4.16. The van der Waals surface area contributed by atoms with Crippen LogP contribution in [0.5, 0.6) is 0 Å². The molecule has 2 unspecified atom stereocenters. The fraction of sp³-hybridized carbons (Fsp3) is 0.500. The first kappa shape index (κ1) is 11.6. The lowest BCUT2D eigenvalue weighted by molar-refractivity contribution is 0.0956. The van der Waals surface area contributed by atoms with Gasteiger partial charge in [-0.1, -0.05) is 36.0 Å². The second-order valence-electron chi connectivity index (χ2n) is 5.13. The van der Waals surface area contributed by atoms with E-state index in [2.05, 4.69) is 0 Å². The molecular weight excluding hydrogens is 255 g/mol. The van der Waals surface area contributed by atoms with E-state index in [0.29, 0.717) is 27.4 Å². The Kier molecular flexibility index (Phi) is 2.92. The van der Waals surface area contributed by atoms with Gasteiger partial charge in [0, 0.05) is 16.5 Å². The van der Waals surface area contributed by atoms with Crippen molar-refractivity contribution in [1.29, 1.82) is 0 Å². The Labute approximate surface area is 111 Å². The Morgan fingerprint density at radius 2 is 1.76 bits per heavy atom. The Morgan fingerprint density at radius 1 is 1.12 bits per heavy atom. The number of hydrogen-bond acceptors (Lipinski definition) is 1. The monoisotopic (exact) mass is 268 g/mol. The lowest BCUT2D eigenvalue weighted by Crippen LogP contribution is -2.05. The van der Waals surface area contributed by atoms with E-state index < -0.39 is 0 Å². The molecule has 3 rings (SSSR count). The lowest BCUT2D eigenvalue weighted by atomic mass is 10.0. The molecule has 0 aliphatic heterocycles. The van der Waals surface area contributed by atoms with Crippen molar-refractivity contribution in [3.8, 4) is 0 Å². The molecule has 90 valence electrons. The highest BCUT2D eigenvalue weighted by Gasteiger charge is 2.54. The van der Waals surface area contributed by atoms with Crippen LogP contribution in [0.25, 0.3) is 0 Å². The zero-order chi connectivity index (χ0) is 12.0. The predicted octanol–water partition coefficient (Wildman–Crippen LogP) is 4.61. The Hall–Kier alpha value is -0.530. The van der Waals surface area contributed by atoms with Gasteiger partial charge in [-0.25, -0.2) is 0 Å². The first-order chi connectivity index (χ1) is 8.18. The van der Waals surface area contributed by atoms with E-state index in [4.69, 9.17) is 23.2 Å². The summed E-state index contributed by atoms with van der Waals surface area (Å²) >= 11 is 11.9. The molecule has 2 atom stereocenters. The summed E-state index contributed by atoms with van der Waals surface area (Å²) < 4.78 is 0. The summed E-state index contributed by atoms with van der Waals surface area (Å²) in [4.78, 5) is 12.4. The second-order valence-corrected chi connectivity index (χ2v) is 5.97. The fourth-order valence-electron chi connectivity index (χ4n) is 3.25. The Bertz CT molecular complexity index is 457. The number of Topliss-reactive ketones (excluding diaryl/α,β-unsaturated/α-hetero) is 1. The minimum absolute atomic E-state index is 0.226. The number of carbonyl (C=O) groups is 1. The molecule has 2 saturated carbocycles. The van der Waals surface area contributed by atoms with Crippen molar-refractivity contribution in [3.63, 3.8) is 0 Å². The SMILES string of the molecule is O=C(c1ccc(Cl)cc1Cl)C1C2CCCCC21. The summed E-state index contributed by atoms with van der Waals surface area (Å²) in [6.07, 6.45) is 4.98. The van der Waals surface area contributed by atoms with Crippen LogP contribution in [0.1, 0.15) is 36.0 Å². The third kappa shape index (κ3) is 2.00. The van der Waals surface area contributed by atoms with E-state index in [1.807, 2.05) is 0 Å². The van der Waals surface area contributed by atoms with Crippen LogP contribution in [-0.4, -0.2) is 5.78 Å². The van der Waals surface area contributed by atoms with Crippen molar-refractivity contribution < 1.29 is 4.79 Å². The van der Waals surface area contributed by atoms with Crippen LogP contribution in [0.4, 0.5) is 0 Å². The van der Waals surface area contributed by atoms with Gasteiger partial charge in [0.15, 0.2) is 5.78 Å². The maximum Gasteiger partial charge on any atom is 0.168 e. The van der Waals surface area contributed by atoms with Crippen molar-refractivity contribution >= 4 is 29.0 Å². The standard InChI is InChI=1S/C14H14Cl2O/c15-8-5-6-11(12(16)7-8)14(17)13-9-3-1-2-4-10(9)13/h5-7,9-10,13H,1-4H2. The molecule has 0 bridgehead atoms.